The van der Waals surface area contributed by atoms with Crippen LogP contribution in [0, 0.1) is 10.1 Å². The molecule has 0 saturated carbocycles. The largest absolute Gasteiger partial charge is 0.439 e. The van der Waals surface area contributed by atoms with Gasteiger partial charge < -0.3 is 30.0 Å². The molecule has 3 N–H and O–H groups in total. The average molecular weight is 379 g/mol. The number of nitrogens with one attached hydrogen (secondary N) is 1. The first-order valence-electron chi connectivity index (χ1n) is 8.11. The van der Waals surface area contributed by atoms with Crippen molar-refractivity contribution in [3.63, 3.8) is 0 Å². The second-order valence-corrected chi connectivity index (χ2v) is 5.53. The van der Waals surface area contributed by atoms with E-state index in [1.165, 1.54) is 11.6 Å². The second kappa shape index (κ2) is 9.50. The summed E-state index contributed by atoms with van der Waals surface area (Å²) in [4.78, 5) is 27.7. The van der Waals surface area contributed by atoms with Gasteiger partial charge in [-0.15, -0.1) is 0 Å². The molecule has 0 radical (unpaired) electrons. The molecule has 2 rings (SSSR count). The minimum absolute atomic E-state index is 0.0440. The number of aliphatic hydroxyl groups excluding tert-OH is 2. The summed E-state index contributed by atoms with van der Waals surface area (Å²) in [5, 5.41) is 31.4. The predicted octanol–water partition coefficient (Wildman–Crippen LogP) is 0.868. The van der Waals surface area contributed by atoms with Gasteiger partial charge in [-0.2, -0.15) is 0 Å². The number of anilines is 2. The number of aromatic nitrogens is 2. The molecular formula is C16H21N5O6. The molecule has 2 aromatic rings. The quantitative estimate of drug-likeness (QED) is 0.430. The van der Waals surface area contributed by atoms with Crippen LogP contribution in [0.15, 0.2) is 30.5 Å². The molecular weight excluding hydrogens is 358 g/mol. The number of nitrogens with zero attached hydrogens (tertiary/aromatic N) is 4. The van der Waals surface area contributed by atoms with Crippen molar-refractivity contribution >= 4 is 23.3 Å². The standard InChI is InChI=1S/C16H21N5O6/c1-19-14(17-10-15(19)21(25)26)11-27-16(24)18-12-2-4-13(5-3-12)20(6-8-22)7-9-23/h2-5,10,22-23H,6-9,11H2,1H3,(H,18,24). The number of nitro groups is 1. The first-order chi connectivity index (χ1) is 13.0. The number of imidazole rings is 1. The maximum absolute atomic E-state index is 11.9. The lowest BCUT2D eigenvalue weighted by atomic mass is 10.2. The van der Waals surface area contributed by atoms with Crippen LogP contribution in [0.5, 0.6) is 0 Å². The van der Waals surface area contributed by atoms with Crippen molar-refractivity contribution in [3.8, 4) is 0 Å². The zero-order chi connectivity index (χ0) is 19.8. The van der Waals surface area contributed by atoms with E-state index in [1.807, 2.05) is 0 Å². The third kappa shape index (κ3) is 5.39. The van der Waals surface area contributed by atoms with E-state index in [0.29, 0.717) is 18.8 Å². The summed E-state index contributed by atoms with van der Waals surface area (Å²) >= 11 is 0. The van der Waals surface area contributed by atoms with Crippen molar-refractivity contribution in [2.45, 2.75) is 6.61 Å². The number of amides is 1. The molecule has 0 aliphatic carbocycles. The van der Waals surface area contributed by atoms with E-state index >= 15 is 0 Å². The molecule has 0 saturated heterocycles. The molecule has 0 aliphatic rings. The van der Waals surface area contributed by atoms with Crippen LogP contribution in [0.4, 0.5) is 22.0 Å². The van der Waals surface area contributed by atoms with E-state index in [0.717, 1.165) is 11.9 Å². The SMILES string of the molecule is Cn1c([N+](=O)[O-])cnc1COC(=O)Nc1ccc(N(CCO)CCO)cc1. The number of hydrogen-bond donors (Lipinski definition) is 3. The lowest BCUT2D eigenvalue weighted by Crippen LogP contribution is -2.29. The third-order valence-electron chi connectivity index (χ3n) is 3.80. The molecule has 1 aromatic heterocycles. The van der Waals surface area contributed by atoms with E-state index in [4.69, 9.17) is 14.9 Å². The van der Waals surface area contributed by atoms with Crippen LogP contribution in [0.3, 0.4) is 0 Å². The number of carbonyl (C=O) groups is 1. The summed E-state index contributed by atoms with van der Waals surface area (Å²) < 4.78 is 6.26. The van der Waals surface area contributed by atoms with Crippen molar-refractivity contribution in [2.75, 3.05) is 36.5 Å². The van der Waals surface area contributed by atoms with Crippen LogP contribution < -0.4 is 10.2 Å². The Balaban J connectivity index is 1.91. The molecule has 0 unspecified atom stereocenters. The van der Waals surface area contributed by atoms with E-state index in [2.05, 4.69) is 10.3 Å². The van der Waals surface area contributed by atoms with Gasteiger partial charge >= 0.3 is 11.9 Å². The van der Waals surface area contributed by atoms with Crippen molar-refractivity contribution in [3.05, 3.63) is 46.4 Å². The minimum atomic E-state index is -0.726. The van der Waals surface area contributed by atoms with Gasteiger partial charge in [0.2, 0.25) is 5.82 Å². The smallest absolute Gasteiger partial charge is 0.412 e. The lowest BCUT2D eigenvalue weighted by molar-refractivity contribution is -0.391. The summed E-state index contributed by atoms with van der Waals surface area (Å²) in [5.74, 6) is 0.0516. The van der Waals surface area contributed by atoms with Gasteiger partial charge in [0.05, 0.1) is 20.3 Å². The Kier molecular flexibility index (Phi) is 7.08. The summed E-state index contributed by atoms with van der Waals surface area (Å²) in [5.41, 5.74) is 1.28. The highest BCUT2D eigenvalue weighted by Gasteiger charge is 2.17. The first kappa shape index (κ1) is 20.1. The fraction of sp³-hybridized carbons (Fsp3) is 0.375. The Morgan fingerprint density at radius 2 is 1.93 bits per heavy atom. The zero-order valence-electron chi connectivity index (χ0n) is 14.7. The molecule has 0 fully saturated rings. The number of benzene rings is 1. The molecule has 0 aliphatic heterocycles. The topological polar surface area (TPSA) is 143 Å². The lowest BCUT2D eigenvalue weighted by Gasteiger charge is -2.23. The van der Waals surface area contributed by atoms with Crippen molar-refractivity contribution in [2.24, 2.45) is 7.05 Å². The zero-order valence-corrected chi connectivity index (χ0v) is 14.7. The third-order valence-corrected chi connectivity index (χ3v) is 3.80. The molecule has 0 atom stereocenters. The number of ether oxygens (including phenoxy) is 1. The van der Waals surface area contributed by atoms with Crippen molar-refractivity contribution < 1.29 is 24.7 Å². The van der Waals surface area contributed by atoms with Gasteiger partial charge in [-0.25, -0.2) is 14.3 Å². The van der Waals surface area contributed by atoms with Crippen LogP contribution in [-0.4, -0.2) is 57.1 Å². The normalized spacial score (nSPS) is 10.5. The van der Waals surface area contributed by atoms with E-state index in [1.54, 1.807) is 29.2 Å². The molecule has 1 aromatic carbocycles. The van der Waals surface area contributed by atoms with E-state index in [9.17, 15) is 14.9 Å². The Hall–Kier alpha value is -3.18. The molecule has 11 nitrogen and oxygen atoms in total. The molecule has 11 heteroatoms. The van der Waals surface area contributed by atoms with E-state index < -0.39 is 11.0 Å². The van der Waals surface area contributed by atoms with Crippen molar-refractivity contribution in [1.82, 2.24) is 9.55 Å². The summed E-state index contributed by atoms with van der Waals surface area (Å²) in [6.07, 6.45) is 0.371. The molecule has 0 bridgehead atoms. The molecule has 146 valence electrons. The van der Waals surface area contributed by atoms with Crippen molar-refractivity contribution in [1.29, 1.82) is 0 Å². The Labute approximate surface area is 155 Å². The number of carbonyl (C=O) groups excluding carboxylic acids is 1. The van der Waals surface area contributed by atoms with Crippen LogP contribution >= 0.6 is 0 Å². The van der Waals surface area contributed by atoms with Gasteiger partial charge in [0, 0.05) is 24.5 Å². The van der Waals surface area contributed by atoms with Crippen LogP contribution in [0.1, 0.15) is 5.82 Å². The average Bonchev–Trinajstić information content (AvgIpc) is 3.01. The Morgan fingerprint density at radius 3 is 2.44 bits per heavy atom. The Morgan fingerprint density at radius 1 is 1.30 bits per heavy atom. The van der Waals surface area contributed by atoms with Gasteiger partial charge in [-0.3, -0.25) is 5.32 Å². The Bertz CT molecular complexity index is 770. The van der Waals surface area contributed by atoms with Gasteiger partial charge in [-0.1, -0.05) is 0 Å². The van der Waals surface area contributed by atoms with Gasteiger partial charge in [-0.05, 0) is 29.2 Å². The van der Waals surface area contributed by atoms with E-state index in [-0.39, 0.29) is 31.5 Å². The molecule has 1 heterocycles. The maximum Gasteiger partial charge on any atom is 0.412 e. The predicted molar refractivity (Wildman–Crippen MR) is 96.5 cm³/mol. The van der Waals surface area contributed by atoms with Crippen LogP contribution in [-0.2, 0) is 18.4 Å². The molecule has 0 spiro atoms. The highest BCUT2D eigenvalue weighted by molar-refractivity contribution is 5.84. The van der Waals surface area contributed by atoms with Gasteiger partial charge in [0.1, 0.15) is 6.20 Å². The fourth-order valence-corrected chi connectivity index (χ4v) is 2.39. The number of rotatable bonds is 9. The van der Waals surface area contributed by atoms with Gasteiger partial charge in [0.15, 0.2) is 6.61 Å². The second-order valence-electron chi connectivity index (χ2n) is 5.53. The highest BCUT2D eigenvalue weighted by Crippen LogP contribution is 2.18. The maximum atomic E-state index is 11.9. The minimum Gasteiger partial charge on any atom is -0.439 e. The molecule has 27 heavy (non-hydrogen) atoms. The number of aliphatic hydroxyl groups is 2. The fourth-order valence-electron chi connectivity index (χ4n) is 2.39. The number of hydrogen-bond acceptors (Lipinski definition) is 8. The summed E-state index contributed by atoms with van der Waals surface area (Å²) in [6, 6.07) is 6.79. The monoisotopic (exact) mass is 379 g/mol. The van der Waals surface area contributed by atoms with Crippen LogP contribution in [0.25, 0.3) is 0 Å². The van der Waals surface area contributed by atoms with Gasteiger partial charge in [0.25, 0.3) is 0 Å². The van der Waals surface area contributed by atoms with Crippen LogP contribution in [0.2, 0.25) is 0 Å². The first-order valence-corrected chi connectivity index (χ1v) is 8.11. The molecule has 1 amide bonds. The summed E-state index contributed by atoms with van der Waals surface area (Å²) in [6.45, 7) is 0.459. The summed E-state index contributed by atoms with van der Waals surface area (Å²) in [7, 11) is 1.46. The highest BCUT2D eigenvalue weighted by atomic mass is 16.6.